The van der Waals surface area contributed by atoms with Crippen LogP contribution in [0.2, 0.25) is 0 Å². The Bertz CT molecular complexity index is 519. The molecule has 0 amide bonds. The number of hydrogen-bond donors (Lipinski definition) is 1. The van der Waals surface area contributed by atoms with Gasteiger partial charge in [-0.3, -0.25) is 4.79 Å². The van der Waals surface area contributed by atoms with Gasteiger partial charge in [-0.15, -0.1) is 13.2 Å². The summed E-state index contributed by atoms with van der Waals surface area (Å²) in [6.07, 6.45) is -9.11. The number of aromatic nitrogens is 1. The van der Waals surface area contributed by atoms with Crippen LogP contribution in [0.3, 0.4) is 0 Å². The van der Waals surface area contributed by atoms with Crippen LogP contribution < -0.4 is 10.5 Å². The van der Waals surface area contributed by atoms with E-state index >= 15 is 0 Å². The zero-order valence-electron chi connectivity index (χ0n) is 10.7. The van der Waals surface area contributed by atoms with Gasteiger partial charge in [0.25, 0.3) is 6.43 Å². The molecule has 0 bridgehead atoms. The normalized spacial score (nSPS) is 11.6. The summed E-state index contributed by atoms with van der Waals surface area (Å²) in [4.78, 5) is 14.6. The van der Waals surface area contributed by atoms with Crippen LogP contribution in [0.15, 0.2) is 6.07 Å². The number of halogens is 5. The molecule has 1 aromatic rings. The van der Waals surface area contributed by atoms with E-state index in [2.05, 4.69) is 14.5 Å². The van der Waals surface area contributed by atoms with Crippen molar-refractivity contribution in [1.29, 1.82) is 0 Å². The largest absolute Gasteiger partial charge is 0.574 e. The molecule has 0 aliphatic carbocycles. The highest BCUT2D eigenvalue weighted by Gasteiger charge is 2.35. The molecule has 0 aromatic carbocycles. The molecule has 1 rings (SSSR count). The lowest BCUT2D eigenvalue weighted by molar-refractivity contribution is -0.276. The van der Waals surface area contributed by atoms with Gasteiger partial charge in [-0.2, -0.15) is 0 Å². The third-order valence-corrected chi connectivity index (χ3v) is 2.38. The van der Waals surface area contributed by atoms with Gasteiger partial charge in [-0.1, -0.05) is 0 Å². The van der Waals surface area contributed by atoms with Gasteiger partial charge in [0.1, 0.15) is 0 Å². The van der Waals surface area contributed by atoms with Crippen molar-refractivity contribution in [2.45, 2.75) is 25.8 Å². The topological polar surface area (TPSA) is 74.4 Å². The number of methoxy groups -OCH3 is 1. The van der Waals surface area contributed by atoms with Crippen LogP contribution in [0.4, 0.5) is 22.0 Å². The molecule has 0 aliphatic rings. The molecule has 0 spiro atoms. The van der Waals surface area contributed by atoms with E-state index in [9.17, 15) is 26.7 Å². The van der Waals surface area contributed by atoms with E-state index in [4.69, 9.17) is 5.73 Å². The van der Waals surface area contributed by atoms with Crippen LogP contribution in [-0.2, 0) is 22.5 Å². The molecule has 5 nitrogen and oxygen atoms in total. The molecule has 1 heterocycles. The first-order chi connectivity index (χ1) is 9.67. The van der Waals surface area contributed by atoms with Crippen LogP contribution in [-0.4, -0.2) is 24.4 Å². The van der Waals surface area contributed by atoms with E-state index in [1.54, 1.807) is 0 Å². The Morgan fingerprint density at radius 2 is 2.05 bits per heavy atom. The minimum atomic E-state index is -5.15. The van der Waals surface area contributed by atoms with Gasteiger partial charge in [0.2, 0.25) is 5.88 Å². The van der Waals surface area contributed by atoms with Crippen molar-refractivity contribution in [3.05, 3.63) is 22.9 Å². The number of alkyl halides is 5. The van der Waals surface area contributed by atoms with Crippen LogP contribution >= 0.6 is 0 Å². The van der Waals surface area contributed by atoms with Crippen LogP contribution in [0.25, 0.3) is 0 Å². The second kappa shape index (κ2) is 6.66. The van der Waals surface area contributed by atoms with Crippen molar-refractivity contribution in [3.63, 3.8) is 0 Å². The maximum absolute atomic E-state index is 13.0. The molecule has 0 radical (unpaired) electrons. The predicted octanol–water partition coefficient (Wildman–Crippen LogP) is 2.09. The predicted molar refractivity (Wildman–Crippen MR) is 59.5 cm³/mol. The highest BCUT2D eigenvalue weighted by Crippen LogP contribution is 2.33. The summed E-state index contributed by atoms with van der Waals surface area (Å²) >= 11 is 0. The first kappa shape index (κ1) is 17.1. The SMILES string of the molecule is COC(=O)Cc1c(C(F)F)cc(CN)nc1OC(F)(F)F. The van der Waals surface area contributed by atoms with Crippen molar-refractivity contribution in [1.82, 2.24) is 4.98 Å². The third-order valence-electron chi connectivity index (χ3n) is 2.38. The molecular weight excluding hydrogens is 303 g/mol. The zero-order chi connectivity index (χ0) is 16.2. The maximum Gasteiger partial charge on any atom is 0.574 e. The van der Waals surface area contributed by atoms with Gasteiger partial charge in [-0.25, -0.2) is 13.8 Å². The minimum absolute atomic E-state index is 0.224. The lowest BCUT2D eigenvalue weighted by Crippen LogP contribution is -2.21. The molecule has 0 saturated heterocycles. The van der Waals surface area contributed by atoms with E-state index in [1.165, 1.54) is 0 Å². The van der Waals surface area contributed by atoms with E-state index in [0.29, 0.717) is 0 Å². The second-order valence-corrected chi connectivity index (χ2v) is 3.79. The fraction of sp³-hybridized carbons (Fsp3) is 0.455. The summed E-state index contributed by atoms with van der Waals surface area (Å²) in [5, 5.41) is 0. The number of rotatable bonds is 5. The van der Waals surface area contributed by atoms with Crippen molar-refractivity contribution >= 4 is 5.97 Å². The minimum Gasteiger partial charge on any atom is -0.469 e. The first-order valence-corrected chi connectivity index (χ1v) is 5.51. The molecule has 0 fully saturated rings. The van der Waals surface area contributed by atoms with Crippen molar-refractivity contribution in [2.75, 3.05) is 7.11 Å². The molecule has 2 N–H and O–H groups in total. The van der Waals surface area contributed by atoms with Gasteiger partial charge >= 0.3 is 12.3 Å². The lowest BCUT2D eigenvalue weighted by atomic mass is 10.1. The number of carbonyl (C=O) groups excluding carboxylic acids is 1. The van der Waals surface area contributed by atoms with Gasteiger partial charge in [0, 0.05) is 17.7 Å². The molecule has 0 aliphatic heterocycles. The van der Waals surface area contributed by atoms with Crippen molar-refractivity contribution < 1.29 is 36.2 Å². The lowest BCUT2D eigenvalue weighted by Gasteiger charge is -2.16. The standard InChI is InChI=1S/C11H11F5N2O3/c1-20-8(19)3-7-6(9(12)13)2-5(4-17)18-10(7)21-11(14,15)16/h2,9H,3-4,17H2,1H3. The van der Waals surface area contributed by atoms with Gasteiger partial charge < -0.3 is 15.2 Å². The van der Waals surface area contributed by atoms with E-state index < -0.39 is 42.2 Å². The number of ether oxygens (including phenoxy) is 2. The van der Waals surface area contributed by atoms with E-state index in [1.807, 2.05) is 0 Å². The van der Waals surface area contributed by atoms with E-state index in [0.717, 1.165) is 13.2 Å². The molecular formula is C11H11F5N2O3. The molecule has 21 heavy (non-hydrogen) atoms. The van der Waals surface area contributed by atoms with Gasteiger partial charge in [0.15, 0.2) is 0 Å². The third kappa shape index (κ3) is 4.81. The summed E-state index contributed by atoms with van der Waals surface area (Å²) in [6, 6.07) is 0.826. The molecule has 0 unspecified atom stereocenters. The van der Waals surface area contributed by atoms with Crippen molar-refractivity contribution in [2.24, 2.45) is 5.73 Å². The summed E-state index contributed by atoms with van der Waals surface area (Å²) in [7, 11) is 0.969. The van der Waals surface area contributed by atoms with Crippen molar-refractivity contribution in [3.8, 4) is 5.88 Å². The summed E-state index contributed by atoms with van der Waals surface area (Å²) in [5.74, 6) is -2.14. The Labute approximate surface area is 115 Å². The average Bonchev–Trinajstić information content (AvgIpc) is 2.38. The summed E-state index contributed by atoms with van der Waals surface area (Å²) in [6.45, 7) is -0.369. The second-order valence-electron chi connectivity index (χ2n) is 3.79. The Balaban J connectivity index is 3.40. The van der Waals surface area contributed by atoms with E-state index in [-0.39, 0.29) is 12.2 Å². The average molecular weight is 314 g/mol. The Morgan fingerprint density at radius 3 is 2.48 bits per heavy atom. The fourth-order valence-electron chi connectivity index (χ4n) is 1.51. The number of hydrogen-bond acceptors (Lipinski definition) is 5. The zero-order valence-corrected chi connectivity index (χ0v) is 10.7. The Morgan fingerprint density at radius 1 is 1.43 bits per heavy atom. The van der Waals surface area contributed by atoms with Gasteiger partial charge in [-0.05, 0) is 6.07 Å². The first-order valence-electron chi connectivity index (χ1n) is 5.51. The Hall–Kier alpha value is -1.97. The van der Waals surface area contributed by atoms with Crippen LogP contribution in [0.5, 0.6) is 5.88 Å². The number of nitrogens with zero attached hydrogens (tertiary/aromatic N) is 1. The molecule has 118 valence electrons. The molecule has 0 atom stereocenters. The highest BCUT2D eigenvalue weighted by molar-refractivity contribution is 5.73. The highest BCUT2D eigenvalue weighted by atomic mass is 19.4. The fourth-order valence-corrected chi connectivity index (χ4v) is 1.51. The number of carbonyl (C=O) groups is 1. The molecule has 10 heteroatoms. The number of nitrogens with two attached hydrogens (primary N) is 1. The maximum atomic E-state index is 13.0. The summed E-state index contributed by atoms with van der Waals surface area (Å²) < 4.78 is 70.7. The number of pyridine rings is 1. The number of esters is 1. The van der Waals surface area contributed by atoms with Crippen LogP contribution in [0, 0.1) is 0 Å². The molecule has 0 saturated carbocycles. The monoisotopic (exact) mass is 314 g/mol. The smallest absolute Gasteiger partial charge is 0.469 e. The Kier molecular flexibility index (Phi) is 5.41. The quantitative estimate of drug-likeness (QED) is 0.665. The van der Waals surface area contributed by atoms with Crippen LogP contribution in [0.1, 0.15) is 23.2 Å². The van der Waals surface area contributed by atoms with Gasteiger partial charge in [0.05, 0.1) is 19.2 Å². The summed E-state index contributed by atoms with van der Waals surface area (Å²) in [5.41, 5.74) is 3.47. The molecule has 1 aromatic heterocycles.